The molecule has 16 heavy (non-hydrogen) atoms. The summed E-state index contributed by atoms with van der Waals surface area (Å²) >= 11 is 0. The Bertz CT molecular complexity index is 507. The van der Waals surface area contributed by atoms with Gasteiger partial charge < -0.3 is 0 Å². The lowest BCUT2D eigenvalue weighted by Gasteiger charge is -2.16. The lowest BCUT2D eigenvalue weighted by atomic mass is 10.4. The van der Waals surface area contributed by atoms with E-state index in [1.54, 1.807) is 24.3 Å². The Balaban J connectivity index is 3.10. The molecule has 4 nitrogen and oxygen atoms in total. The molecule has 0 fully saturated rings. The smallest absolute Gasteiger partial charge is 0.207 e. The van der Waals surface area contributed by atoms with Crippen molar-refractivity contribution in [2.24, 2.45) is 0 Å². The van der Waals surface area contributed by atoms with Crippen molar-refractivity contribution < 1.29 is 8.42 Å². The van der Waals surface area contributed by atoms with E-state index in [0.717, 1.165) is 4.31 Å². The van der Waals surface area contributed by atoms with Crippen molar-refractivity contribution in [2.45, 2.75) is 4.90 Å². The van der Waals surface area contributed by atoms with Crippen molar-refractivity contribution in [3.63, 3.8) is 0 Å². The van der Waals surface area contributed by atoms with Gasteiger partial charge in [0, 0.05) is 0 Å². The molecule has 0 heterocycles. The molecule has 1 aromatic carbocycles. The van der Waals surface area contributed by atoms with Crippen LogP contribution in [0.4, 0.5) is 0 Å². The average Bonchev–Trinajstić information content (AvgIpc) is 2.30. The number of sulfonamides is 1. The second kappa shape index (κ2) is 5.32. The van der Waals surface area contributed by atoms with Crippen molar-refractivity contribution in [1.82, 2.24) is 4.31 Å². The molecule has 1 aromatic rings. The monoisotopic (exact) mass is 234 g/mol. The molecule has 0 amide bonds. The Morgan fingerprint density at radius 3 is 2.38 bits per heavy atom. The van der Waals surface area contributed by atoms with Gasteiger partial charge >= 0.3 is 0 Å². The summed E-state index contributed by atoms with van der Waals surface area (Å²) < 4.78 is 24.9. The zero-order valence-electron chi connectivity index (χ0n) is 8.50. The predicted octanol–water partition coefficient (Wildman–Crippen LogP) is 0.834. The van der Waals surface area contributed by atoms with Gasteiger partial charge in [-0.3, -0.25) is 0 Å². The van der Waals surface area contributed by atoms with E-state index >= 15 is 0 Å². The highest BCUT2D eigenvalue weighted by atomic mass is 32.2. The van der Waals surface area contributed by atoms with Crippen LogP contribution in [0.3, 0.4) is 0 Å². The van der Waals surface area contributed by atoms with E-state index in [9.17, 15) is 8.42 Å². The fourth-order valence-electron chi connectivity index (χ4n) is 1.15. The molecular weight excluding hydrogens is 224 g/mol. The Kier molecular flexibility index (Phi) is 4.07. The van der Waals surface area contributed by atoms with Crippen LogP contribution in [0.25, 0.3) is 0 Å². The third-order valence-electron chi connectivity index (χ3n) is 1.90. The van der Waals surface area contributed by atoms with Gasteiger partial charge in [-0.15, -0.1) is 6.42 Å². The second-order valence-electron chi connectivity index (χ2n) is 2.95. The van der Waals surface area contributed by atoms with Gasteiger partial charge in [0.15, 0.2) is 0 Å². The molecule has 0 radical (unpaired) electrons. The Hall–Kier alpha value is -1.82. The molecule has 0 bridgehead atoms. The first-order valence-corrected chi connectivity index (χ1v) is 5.92. The molecular formula is C11H10N2O2S. The lowest BCUT2D eigenvalue weighted by molar-refractivity contribution is 0.481. The molecule has 0 atom stereocenters. The molecule has 0 saturated heterocycles. The maximum atomic E-state index is 12.0. The van der Waals surface area contributed by atoms with Gasteiger partial charge in [-0.2, -0.15) is 9.57 Å². The topological polar surface area (TPSA) is 61.2 Å². The zero-order chi connectivity index (χ0) is 12.0. The van der Waals surface area contributed by atoms with E-state index in [2.05, 4.69) is 5.92 Å². The SMILES string of the molecule is C#CCN(CC#N)S(=O)(=O)c1ccccc1. The molecule has 0 spiro atoms. The van der Waals surface area contributed by atoms with Crippen molar-refractivity contribution in [1.29, 1.82) is 5.26 Å². The van der Waals surface area contributed by atoms with Gasteiger partial charge in [0.1, 0.15) is 6.54 Å². The van der Waals surface area contributed by atoms with Gasteiger partial charge in [0.25, 0.3) is 0 Å². The van der Waals surface area contributed by atoms with Gasteiger partial charge in [0.05, 0.1) is 17.5 Å². The van der Waals surface area contributed by atoms with Crippen molar-refractivity contribution in [2.75, 3.05) is 13.1 Å². The molecule has 0 unspecified atom stereocenters. The van der Waals surface area contributed by atoms with E-state index in [1.165, 1.54) is 12.1 Å². The van der Waals surface area contributed by atoms with Crippen molar-refractivity contribution in [3.8, 4) is 18.4 Å². The summed E-state index contributed by atoms with van der Waals surface area (Å²) in [7, 11) is -3.66. The lowest BCUT2D eigenvalue weighted by Crippen LogP contribution is -2.31. The number of hydrogen-bond acceptors (Lipinski definition) is 3. The molecule has 82 valence electrons. The summed E-state index contributed by atoms with van der Waals surface area (Å²) in [6.07, 6.45) is 5.07. The average molecular weight is 234 g/mol. The number of rotatable bonds is 4. The van der Waals surface area contributed by atoms with E-state index < -0.39 is 10.0 Å². The van der Waals surface area contributed by atoms with Crippen LogP contribution < -0.4 is 0 Å². The first-order valence-electron chi connectivity index (χ1n) is 4.48. The van der Waals surface area contributed by atoms with Crippen LogP contribution in [-0.2, 0) is 10.0 Å². The van der Waals surface area contributed by atoms with Crippen LogP contribution in [0, 0.1) is 23.7 Å². The van der Waals surface area contributed by atoms with Gasteiger partial charge in [0.2, 0.25) is 10.0 Å². The first kappa shape index (κ1) is 12.3. The maximum Gasteiger partial charge on any atom is 0.244 e. The Morgan fingerprint density at radius 1 is 1.25 bits per heavy atom. The van der Waals surface area contributed by atoms with Gasteiger partial charge in [-0.25, -0.2) is 8.42 Å². The van der Waals surface area contributed by atoms with E-state index in [1.807, 2.05) is 0 Å². The summed E-state index contributed by atoms with van der Waals surface area (Å²) in [4.78, 5) is 0.139. The molecule has 0 aliphatic carbocycles. The minimum absolute atomic E-state index is 0.106. The highest BCUT2D eigenvalue weighted by Crippen LogP contribution is 2.13. The van der Waals surface area contributed by atoms with Crippen LogP contribution in [0.1, 0.15) is 0 Å². The molecule has 0 N–H and O–H groups in total. The fraction of sp³-hybridized carbons (Fsp3) is 0.182. The molecule has 0 aliphatic heterocycles. The van der Waals surface area contributed by atoms with Crippen LogP contribution in [-0.4, -0.2) is 25.8 Å². The minimum Gasteiger partial charge on any atom is -0.207 e. The largest absolute Gasteiger partial charge is 0.244 e. The van der Waals surface area contributed by atoms with E-state index in [-0.39, 0.29) is 18.0 Å². The second-order valence-corrected chi connectivity index (χ2v) is 4.89. The number of nitriles is 1. The quantitative estimate of drug-likeness (QED) is 0.572. The number of benzene rings is 1. The first-order chi connectivity index (χ1) is 7.62. The van der Waals surface area contributed by atoms with Crippen LogP contribution in [0.2, 0.25) is 0 Å². The zero-order valence-corrected chi connectivity index (χ0v) is 9.31. The van der Waals surface area contributed by atoms with Gasteiger partial charge in [-0.05, 0) is 12.1 Å². The standard InChI is InChI=1S/C11H10N2O2S/c1-2-9-13(10-8-12)16(14,15)11-6-4-3-5-7-11/h1,3-7H,9-10H2. The normalized spacial score (nSPS) is 10.7. The number of hydrogen-bond donors (Lipinski definition) is 0. The third-order valence-corrected chi connectivity index (χ3v) is 3.70. The maximum absolute atomic E-state index is 12.0. The summed E-state index contributed by atoms with van der Waals surface area (Å²) in [5, 5.41) is 8.55. The Morgan fingerprint density at radius 2 is 1.88 bits per heavy atom. The van der Waals surface area contributed by atoms with Crippen molar-refractivity contribution >= 4 is 10.0 Å². The van der Waals surface area contributed by atoms with Crippen molar-refractivity contribution in [3.05, 3.63) is 30.3 Å². The summed E-state index contributed by atoms with van der Waals surface area (Å²) in [6, 6.07) is 9.67. The summed E-state index contributed by atoms with van der Waals surface area (Å²) in [6.45, 7) is -0.355. The highest BCUT2D eigenvalue weighted by Gasteiger charge is 2.22. The third kappa shape index (κ3) is 2.60. The molecule has 1 rings (SSSR count). The van der Waals surface area contributed by atoms with Gasteiger partial charge in [-0.1, -0.05) is 24.1 Å². The summed E-state index contributed by atoms with van der Waals surface area (Å²) in [5.74, 6) is 2.22. The molecule has 0 saturated carbocycles. The van der Waals surface area contributed by atoms with Crippen LogP contribution in [0.5, 0.6) is 0 Å². The molecule has 0 aromatic heterocycles. The van der Waals surface area contributed by atoms with E-state index in [0.29, 0.717) is 0 Å². The number of nitrogens with zero attached hydrogens (tertiary/aromatic N) is 2. The van der Waals surface area contributed by atoms with Crippen LogP contribution in [0.15, 0.2) is 35.2 Å². The summed E-state index contributed by atoms with van der Waals surface area (Å²) in [5.41, 5.74) is 0. The minimum atomic E-state index is -3.66. The fourth-order valence-corrected chi connectivity index (χ4v) is 2.42. The molecule has 0 aliphatic rings. The molecule has 5 heteroatoms. The Labute approximate surface area is 95.2 Å². The number of terminal acetylenes is 1. The van der Waals surface area contributed by atoms with E-state index in [4.69, 9.17) is 11.7 Å². The predicted molar refractivity (Wildman–Crippen MR) is 59.6 cm³/mol. The van der Waals surface area contributed by atoms with Crippen LogP contribution >= 0.6 is 0 Å². The highest BCUT2D eigenvalue weighted by molar-refractivity contribution is 7.89.